The summed E-state index contributed by atoms with van der Waals surface area (Å²) in [6, 6.07) is 6.38. The first-order chi connectivity index (χ1) is 5.36. The number of rotatable bonds is 0. The molecule has 0 unspecified atom stereocenters. The fraction of sp³-hybridized carbons (Fsp3) is 0.250. The predicted octanol–water partition coefficient (Wildman–Crippen LogP) is 2.13. The predicted molar refractivity (Wildman–Crippen MR) is 56.1 cm³/mol. The summed E-state index contributed by atoms with van der Waals surface area (Å²) in [6.07, 6.45) is 0. The zero-order valence-electron chi connectivity index (χ0n) is 6.02. The third kappa shape index (κ3) is 1.42. The van der Waals surface area contributed by atoms with Crippen molar-refractivity contribution >= 4 is 34.0 Å². The Labute approximate surface area is 79.5 Å². The molecule has 0 atom stereocenters. The van der Waals surface area contributed by atoms with E-state index in [4.69, 9.17) is 0 Å². The standard InChI is InChI=1S/C8H9IN2/c9-6-1-2-7-8(5-6)11-4-3-10-7/h1-2,5,10-11H,3-4H2. The Balaban J connectivity index is 2.43. The molecule has 1 aliphatic heterocycles. The zero-order valence-corrected chi connectivity index (χ0v) is 8.18. The number of halogens is 1. The summed E-state index contributed by atoms with van der Waals surface area (Å²) in [6.45, 7) is 2.04. The molecule has 2 rings (SSSR count). The van der Waals surface area contributed by atoms with Crippen molar-refractivity contribution in [2.75, 3.05) is 23.7 Å². The van der Waals surface area contributed by atoms with Gasteiger partial charge in [-0.25, -0.2) is 0 Å². The van der Waals surface area contributed by atoms with Crippen molar-refractivity contribution in [3.8, 4) is 0 Å². The molecule has 0 amide bonds. The van der Waals surface area contributed by atoms with Crippen LogP contribution in [0.1, 0.15) is 0 Å². The molecule has 1 aromatic carbocycles. The molecule has 1 heterocycles. The van der Waals surface area contributed by atoms with E-state index in [1.807, 2.05) is 0 Å². The highest BCUT2D eigenvalue weighted by atomic mass is 127. The Bertz CT molecular complexity index is 273. The van der Waals surface area contributed by atoms with E-state index in [9.17, 15) is 0 Å². The van der Waals surface area contributed by atoms with Crippen LogP contribution in [0.15, 0.2) is 18.2 Å². The maximum Gasteiger partial charge on any atom is 0.0587 e. The molecule has 0 bridgehead atoms. The van der Waals surface area contributed by atoms with Gasteiger partial charge in [0.1, 0.15) is 0 Å². The summed E-state index contributed by atoms with van der Waals surface area (Å²) in [7, 11) is 0. The number of fused-ring (bicyclic) bond motifs is 1. The monoisotopic (exact) mass is 260 g/mol. The van der Waals surface area contributed by atoms with Crippen molar-refractivity contribution in [1.82, 2.24) is 0 Å². The summed E-state index contributed by atoms with van der Waals surface area (Å²) in [4.78, 5) is 0. The van der Waals surface area contributed by atoms with Crippen LogP contribution in [0, 0.1) is 3.57 Å². The first-order valence-corrected chi connectivity index (χ1v) is 4.71. The second kappa shape index (κ2) is 2.89. The van der Waals surface area contributed by atoms with Gasteiger partial charge in [0.25, 0.3) is 0 Å². The van der Waals surface area contributed by atoms with Gasteiger partial charge in [0.15, 0.2) is 0 Å². The second-order valence-corrected chi connectivity index (χ2v) is 3.79. The van der Waals surface area contributed by atoms with Crippen molar-refractivity contribution in [3.05, 3.63) is 21.8 Å². The van der Waals surface area contributed by atoms with Crippen LogP contribution >= 0.6 is 22.6 Å². The van der Waals surface area contributed by atoms with Crippen molar-refractivity contribution in [2.24, 2.45) is 0 Å². The van der Waals surface area contributed by atoms with E-state index < -0.39 is 0 Å². The van der Waals surface area contributed by atoms with E-state index in [0.29, 0.717) is 0 Å². The molecule has 11 heavy (non-hydrogen) atoms. The fourth-order valence-electron chi connectivity index (χ4n) is 1.21. The highest BCUT2D eigenvalue weighted by Gasteiger charge is 2.05. The van der Waals surface area contributed by atoms with Gasteiger partial charge in [0, 0.05) is 16.7 Å². The molecule has 1 aromatic rings. The second-order valence-electron chi connectivity index (χ2n) is 2.54. The lowest BCUT2D eigenvalue weighted by Crippen LogP contribution is -2.20. The molecule has 58 valence electrons. The summed E-state index contributed by atoms with van der Waals surface area (Å²) >= 11 is 2.32. The van der Waals surface area contributed by atoms with E-state index in [2.05, 4.69) is 51.4 Å². The lowest BCUT2D eigenvalue weighted by Gasteiger charge is -2.19. The molecule has 0 aromatic heterocycles. The zero-order chi connectivity index (χ0) is 7.68. The molecule has 2 nitrogen and oxygen atoms in total. The number of nitrogens with one attached hydrogen (secondary N) is 2. The quantitative estimate of drug-likeness (QED) is 0.698. The molecule has 0 fully saturated rings. The largest absolute Gasteiger partial charge is 0.382 e. The fourth-order valence-corrected chi connectivity index (χ4v) is 1.70. The van der Waals surface area contributed by atoms with E-state index in [1.165, 1.54) is 14.9 Å². The molecular formula is C8H9IN2. The smallest absolute Gasteiger partial charge is 0.0587 e. The maximum atomic E-state index is 3.34. The lowest BCUT2D eigenvalue weighted by atomic mass is 10.2. The molecule has 0 saturated carbocycles. The Morgan fingerprint density at radius 2 is 1.82 bits per heavy atom. The Morgan fingerprint density at radius 3 is 2.64 bits per heavy atom. The van der Waals surface area contributed by atoms with Crippen LogP contribution in [0.4, 0.5) is 11.4 Å². The molecule has 2 N–H and O–H groups in total. The van der Waals surface area contributed by atoms with Crippen molar-refractivity contribution in [1.29, 1.82) is 0 Å². The molecule has 0 saturated heterocycles. The highest BCUT2D eigenvalue weighted by Crippen LogP contribution is 2.25. The number of anilines is 2. The SMILES string of the molecule is Ic1ccc2c(c1)NCCN2. The Hall–Kier alpha value is -0.450. The Kier molecular flexibility index (Phi) is 1.89. The van der Waals surface area contributed by atoms with Gasteiger partial charge in [0.05, 0.1) is 11.4 Å². The van der Waals surface area contributed by atoms with Gasteiger partial charge < -0.3 is 10.6 Å². The van der Waals surface area contributed by atoms with Gasteiger partial charge in [-0.3, -0.25) is 0 Å². The average Bonchev–Trinajstić information content (AvgIpc) is 2.04. The van der Waals surface area contributed by atoms with E-state index in [1.54, 1.807) is 0 Å². The molecule has 1 aliphatic rings. The summed E-state index contributed by atoms with van der Waals surface area (Å²) in [5.74, 6) is 0. The first kappa shape index (κ1) is 7.21. The van der Waals surface area contributed by atoms with Crippen molar-refractivity contribution < 1.29 is 0 Å². The van der Waals surface area contributed by atoms with Gasteiger partial charge in [-0.1, -0.05) is 0 Å². The molecular weight excluding hydrogens is 251 g/mol. The van der Waals surface area contributed by atoms with Gasteiger partial charge in [-0.05, 0) is 40.8 Å². The van der Waals surface area contributed by atoms with E-state index in [-0.39, 0.29) is 0 Å². The summed E-state index contributed by atoms with van der Waals surface area (Å²) in [5.41, 5.74) is 2.44. The summed E-state index contributed by atoms with van der Waals surface area (Å²) < 4.78 is 1.28. The maximum absolute atomic E-state index is 3.34. The van der Waals surface area contributed by atoms with Gasteiger partial charge >= 0.3 is 0 Å². The first-order valence-electron chi connectivity index (χ1n) is 3.63. The minimum atomic E-state index is 1.02. The van der Waals surface area contributed by atoms with Crippen LogP contribution in [0.5, 0.6) is 0 Å². The minimum Gasteiger partial charge on any atom is -0.382 e. The van der Waals surface area contributed by atoms with E-state index >= 15 is 0 Å². The van der Waals surface area contributed by atoms with Crippen LogP contribution < -0.4 is 10.6 Å². The molecule has 0 spiro atoms. The van der Waals surface area contributed by atoms with Crippen LogP contribution in [0.2, 0.25) is 0 Å². The third-order valence-corrected chi connectivity index (χ3v) is 2.41. The number of hydrogen-bond donors (Lipinski definition) is 2. The van der Waals surface area contributed by atoms with Crippen LogP contribution in [-0.4, -0.2) is 13.1 Å². The van der Waals surface area contributed by atoms with Crippen LogP contribution in [0.25, 0.3) is 0 Å². The van der Waals surface area contributed by atoms with Crippen LogP contribution in [-0.2, 0) is 0 Å². The van der Waals surface area contributed by atoms with E-state index in [0.717, 1.165) is 13.1 Å². The Morgan fingerprint density at radius 1 is 1.09 bits per heavy atom. The lowest BCUT2D eigenvalue weighted by molar-refractivity contribution is 1.05. The van der Waals surface area contributed by atoms with Gasteiger partial charge in [0.2, 0.25) is 0 Å². The normalized spacial score (nSPS) is 14.6. The molecule has 0 radical (unpaired) electrons. The summed E-state index contributed by atoms with van der Waals surface area (Å²) in [5, 5.41) is 6.66. The van der Waals surface area contributed by atoms with Gasteiger partial charge in [-0.15, -0.1) is 0 Å². The number of hydrogen-bond acceptors (Lipinski definition) is 2. The van der Waals surface area contributed by atoms with Crippen LogP contribution in [0.3, 0.4) is 0 Å². The topological polar surface area (TPSA) is 24.1 Å². The minimum absolute atomic E-state index is 1.02. The highest BCUT2D eigenvalue weighted by molar-refractivity contribution is 14.1. The average molecular weight is 260 g/mol. The van der Waals surface area contributed by atoms with Crippen molar-refractivity contribution in [3.63, 3.8) is 0 Å². The number of benzene rings is 1. The van der Waals surface area contributed by atoms with Crippen molar-refractivity contribution in [2.45, 2.75) is 0 Å². The molecule has 3 heteroatoms. The third-order valence-electron chi connectivity index (χ3n) is 1.74. The van der Waals surface area contributed by atoms with Gasteiger partial charge in [-0.2, -0.15) is 0 Å². The molecule has 0 aliphatic carbocycles.